The molecule has 1 nitrogen and oxygen atoms in total. The van der Waals surface area contributed by atoms with Gasteiger partial charge in [-0.15, -0.1) is 0 Å². The zero-order valence-electron chi connectivity index (χ0n) is 12.1. The molecule has 0 aromatic rings. The summed E-state index contributed by atoms with van der Waals surface area (Å²) in [6, 6.07) is 0. The van der Waals surface area contributed by atoms with E-state index in [-0.39, 0.29) is 0 Å². The maximum Gasteiger partial charge on any atom is 0.0675 e. The van der Waals surface area contributed by atoms with Crippen molar-refractivity contribution in [2.24, 2.45) is 0 Å². The molecule has 0 atom stereocenters. The lowest BCUT2D eigenvalue weighted by Crippen LogP contribution is -2.27. The van der Waals surface area contributed by atoms with E-state index in [9.17, 15) is 0 Å². The predicted octanol–water partition coefficient (Wildman–Crippen LogP) is 4.47. The van der Waals surface area contributed by atoms with Gasteiger partial charge in [0, 0.05) is 0 Å². The van der Waals surface area contributed by atoms with Crippen LogP contribution in [0.15, 0.2) is 0 Å². The van der Waals surface area contributed by atoms with Gasteiger partial charge in [-0.1, -0.05) is 65.2 Å². The standard InChI is InChI=1S/C10H22.C4H12N/c1-3-5-7-9-10-8-6-4-2;1-5(2,3)4/h3-10H2,1-2H3;1-4H3/q;+1. The minimum absolute atomic E-state index is 1.00. The van der Waals surface area contributed by atoms with Crippen molar-refractivity contribution in [2.45, 2.75) is 65.2 Å². The van der Waals surface area contributed by atoms with Gasteiger partial charge in [-0.2, -0.15) is 0 Å². The summed E-state index contributed by atoms with van der Waals surface area (Å²) in [5, 5.41) is 0. The van der Waals surface area contributed by atoms with Crippen molar-refractivity contribution in [1.29, 1.82) is 0 Å². The highest BCUT2D eigenvalue weighted by Crippen LogP contribution is 2.07. The summed E-state index contributed by atoms with van der Waals surface area (Å²) in [5.41, 5.74) is 0. The molecule has 0 saturated heterocycles. The van der Waals surface area contributed by atoms with E-state index in [1.165, 1.54) is 51.4 Å². The molecule has 15 heavy (non-hydrogen) atoms. The summed E-state index contributed by atoms with van der Waals surface area (Å²) in [6.07, 6.45) is 11.5. The molecule has 0 spiro atoms. The first-order valence-corrected chi connectivity index (χ1v) is 6.70. The lowest BCUT2D eigenvalue weighted by molar-refractivity contribution is -0.849. The molecule has 0 radical (unpaired) electrons. The second-order valence-corrected chi connectivity index (χ2v) is 5.80. The minimum atomic E-state index is 1.00. The van der Waals surface area contributed by atoms with Crippen molar-refractivity contribution < 1.29 is 4.48 Å². The van der Waals surface area contributed by atoms with Crippen LogP contribution in [0.3, 0.4) is 0 Å². The van der Waals surface area contributed by atoms with Gasteiger partial charge in [-0.05, 0) is 0 Å². The molecule has 0 unspecified atom stereocenters. The van der Waals surface area contributed by atoms with Gasteiger partial charge in [0.2, 0.25) is 0 Å². The van der Waals surface area contributed by atoms with Crippen molar-refractivity contribution in [1.82, 2.24) is 0 Å². The van der Waals surface area contributed by atoms with Crippen LogP contribution in [0.4, 0.5) is 0 Å². The fourth-order valence-electron chi connectivity index (χ4n) is 1.21. The van der Waals surface area contributed by atoms with Gasteiger partial charge >= 0.3 is 0 Å². The number of rotatable bonds is 7. The molecule has 0 N–H and O–H groups in total. The van der Waals surface area contributed by atoms with Crippen LogP contribution in [0.1, 0.15) is 65.2 Å². The Hall–Kier alpha value is -0.0400. The van der Waals surface area contributed by atoms with Gasteiger partial charge in [0.25, 0.3) is 0 Å². The first-order chi connectivity index (χ1) is 6.91. The van der Waals surface area contributed by atoms with Crippen molar-refractivity contribution in [3.8, 4) is 0 Å². The maximum absolute atomic E-state index is 2.27. The second-order valence-electron chi connectivity index (χ2n) is 5.80. The monoisotopic (exact) mass is 216 g/mol. The fourth-order valence-corrected chi connectivity index (χ4v) is 1.21. The van der Waals surface area contributed by atoms with Crippen LogP contribution in [-0.2, 0) is 0 Å². The van der Waals surface area contributed by atoms with E-state index in [4.69, 9.17) is 0 Å². The molecule has 0 aliphatic heterocycles. The molecule has 0 saturated carbocycles. The van der Waals surface area contributed by atoms with E-state index in [1.54, 1.807) is 0 Å². The highest BCUT2D eigenvalue weighted by molar-refractivity contribution is 4.43. The second kappa shape index (κ2) is 12.0. The highest BCUT2D eigenvalue weighted by Gasteiger charge is 1.88. The molecule has 0 aromatic carbocycles. The highest BCUT2D eigenvalue weighted by atomic mass is 15.2. The fraction of sp³-hybridized carbons (Fsp3) is 1.00. The summed E-state index contributed by atoms with van der Waals surface area (Å²) in [5.74, 6) is 0. The van der Waals surface area contributed by atoms with Crippen molar-refractivity contribution >= 4 is 0 Å². The Labute approximate surface area is 98.5 Å². The zero-order valence-corrected chi connectivity index (χ0v) is 12.1. The molecule has 0 aromatic heterocycles. The molecule has 0 bridgehead atoms. The third-order valence-electron chi connectivity index (χ3n) is 1.96. The van der Waals surface area contributed by atoms with E-state index in [1.807, 2.05) is 0 Å². The van der Waals surface area contributed by atoms with Crippen LogP contribution in [0.2, 0.25) is 0 Å². The van der Waals surface area contributed by atoms with Crippen molar-refractivity contribution in [3.63, 3.8) is 0 Å². The van der Waals surface area contributed by atoms with Gasteiger partial charge in [0.15, 0.2) is 0 Å². The topological polar surface area (TPSA) is 0 Å². The Balaban J connectivity index is 0. The maximum atomic E-state index is 2.27. The summed E-state index contributed by atoms with van der Waals surface area (Å²) in [4.78, 5) is 0. The molecule has 0 amide bonds. The molecule has 0 heterocycles. The quantitative estimate of drug-likeness (QED) is 0.435. The zero-order chi connectivity index (χ0) is 12.2. The molecule has 0 aliphatic carbocycles. The van der Waals surface area contributed by atoms with Gasteiger partial charge in [-0.3, -0.25) is 0 Å². The SMILES string of the molecule is CCCCCCCCCC.C[N+](C)(C)C. The average molecular weight is 216 g/mol. The Morgan fingerprint density at radius 2 is 0.733 bits per heavy atom. The number of nitrogens with zero attached hydrogens (tertiary/aromatic N) is 1. The first-order valence-electron chi connectivity index (χ1n) is 6.70. The first kappa shape index (κ1) is 17.4. The Kier molecular flexibility index (Phi) is 13.9. The molecule has 0 rings (SSSR count). The molecule has 0 fully saturated rings. The van der Waals surface area contributed by atoms with Crippen molar-refractivity contribution in [2.75, 3.05) is 28.2 Å². The number of hydrogen-bond donors (Lipinski definition) is 0. The Morgan fingerprint density at radius 3 is 0.933 bits per heavy atom. The Morgan fingerprint density at radius 1 is 0.533 bits per heavy atom. The van der Waals surface area contributed by atoms with E-state index < -0.39 is 0 Å². The van der Waals surface area contributed by atoms with Crippen LogP contribution >= 0.6 is 0 Å². The molecular formula is C14H34N+. The molecule has 94 valence electrons. The van der Waals surface area contributed by atoms with Gasteiger partial charge in [0.1, 0.15) is 0 Å². The van der Waals surface area contributed by atoms with Crippen LogP contribution in [0, 0.1) is 0 Å². The largest absolute Gasteiger partial charge is 0.333 e. The van der Waals surface area contributed by atoms with E-state index in [0.717, 1.165) is 4.48 Å². The molecular weight excluding hydrogens is 182 g/mol. The van der Waals surface area contributed by atoms with Crippen LogP contribution in [0.25, 0.3) is 0 Å². The van der Waals surface area contributed by atoms with Crippen LogP contribution in [0.5, 0.6) is 0 Å². The summed E-state index contributed by atoms with van der Waals surface area (Å²) >= 11 is 0. The van der Waals surface area contributed by atoms with E-state index >= 15 is 0 Å². The number of unbranched alkanes of at least 4 members (excludes halogenated alkanes) is 7. The lowest BCUT2D eigenvalue weighted by Gasteiger charge is -2.14. The minimum Gasteiger partial charge on any atom is -0.333 e. The number of hydrogen-bond acceptors (Lipinski definition) is 0. The average Bonchev–Trinajstić information content (AvgIpc) is 2.08. The van der Waals surface area contributed by atoms with Crippen LogP contribution < -0.4 is 0 Å². The number of quaternary nitrogens is 1. The van der Waals surface area contributed by atoms with Crippen LogP contribution in [-0.4, -0.2) is 32.7 Å². The van der Waals surface area contributed by atoms with Gasteiger partial charge in [0.05, 0.1) is 28.2 Å². The van der Waals surface area contributed by atoms with Gasteiger partial charge in [-0.25, -0.2) is 0 Å². The molecule has 0 aliphatic rings. The predicted molar refractivity (Wildman–Crippen MR) is 72.2 cm³/mol. The van der Waals surface area contributed by atoms with E-state index in [2.05, 4.69) is 42.0 Å². The summed E-state index contributed by atoms with van der Waals surface area (Å²) < 4.78 is 1.00. The third kappa shape index (κ3) is 41.2. The van der Waals surface area contributed by atoms with Gasteiger partial charge < -0.3 is 4.48 Å². The van der Waals surface area contributed by atoms with E-state index in [0.29, 0.717) is 0 Å². The Bertz CT molecular complexity index is 88.4. The lowest BCUT2D eigenvalue weighted by atomic mass is 10.1. The molecule has 1 heteroatoms. The summed E-state index contributed by atoms with van der Waals surface area (Å²) in [6.45, 7) is 4.54. The summed E-state index contributed by atoms with van der Waals surface area (Å²) in [7, 11) is 8.50. The van der Waals surface area contributed by atoms with Crippen molar-refractivity contribution in [3.05, 3.63) is 0 Å². The normalized spacial score (nSPS) is 10.8. The smallest absolute Gasteiger partial charge is 0.0675 e. The third-order valence-corrected chi connectivity index (χ3v) is 1.96.